The molecule has 0 spiro atoms. The van der Waals surface area contributed by atoms with E-state index in [-0.39, 0.29) is 15.6 Å². The van der Waals surface area contributed by atoms with E-state index in [0.717, 1.165) is 43.0 Å². The van der Waals surface area contributed by atoms with Gasteiger partial charge in [0.25, 0.3) is 0 Å². The second kappa shape index (κ2) is 14.0. The Labute approximate surface area is 296 Å². The highest BCUT2D eigenvalue weighted by molar-refractivity contribution is 8.01. The molecule has 0 radical (unpaired) electrons. The van der Waals surface area contributed by atoms with E-state index < -0.39 is 9.52 Å². The zero-order chi connectivity index (χ0) is 36.5. The number of hydrogen-bond acceptors (Lipinski definition) is 7. The van der Waals surface area contributed by atoms with Crippen molar-refractivity contribution < 1.29 is 8.84 Å². The summed E-state index contributed by atoms with van der Waals surface area (Å²) in [4.78, 5) is 7.26. The maximum absolute atomic E-state index is 13.2. The lowest BCUT2D eigenvalue weighted by Gasteiger charge is -2.26. The molecule has 0 amide bonds. The molecule has 0 aliphatic rings. The number of fused-ring (bicyclic) bond motifs is 3. The zero-order valence-electron chi connectivity index (χ0n) is 30.7. The van der Waals surface area contributed by atoms with Gasteiger partial charge in [0.05, 0.1) is 11.2 Å². The molecule has 2 aromatic heterocycles. The van der Waals surface area contributed by atoms with Gasteiger partial charge in [0.1, 0.15) is 5.52 Å². The van der Waals surface area contributed by atoms with Crippen molar-refractivity contribution in [3.8, 4) is 0 Å². The smallest absolute Gasteiger partial charge is 0.158 e. The van der Waals surface area contributed by atoms with Crippen molar-refractivity contribution in [1.29, 1.82) is 0 Å². The lowest BCUT2D eigenvalue weighted by atomic mass is 9.85. The van der Waals surface area contributed by atoms with E-state index >= 15 is 0 Å². The molecule has 2 N–H and O–H groups in total. The lowest BCUT2D eigenvalue weighted by Crippen LogP contribution is -2.27. The van der Waals surface area contributed by atoms with E-state index in [4.69, 9.17) is 22.0 Å². The molecule has 6 aromatic rings. The largest absolute Gasteiger partial charge is 0.397 e. The number of rotatable bonds is 2. The average Bonchev–Trinajstić information content (AvgIpc) is 3.50. The monoisotopic (exact) mass is 699 g/mol. The first-order valence-electron chi connectivity index (χ1n) is 16.3. The van der Waals surface area contributed by atoms with Gasteiger partial charge in [-0.2, -0.15) is 0 Å². The Kier molecular flexibility index (Phi) is 10.8. The van der Waals surface area contributed by atoms with Crippen molar-refractivity contribution >= 4 is 71.1 Å². The molecular weight excluding hydrogens is 650 g/mol. The average molecular weight is 700 g/mol. The Balaban J connectivity index is 0.000000169. The van der Waals surface area contributed by atoms with E-state index in [1.165, 1.54) is 10.9 Å². The number of anilines is 2. The van der Waals surface area contributed by atoms with Crippen molar-refractivity contribution in [2.75, 3.05) is 24.7 Å². The third kappa shape index (κ3) is 8.19. The fraction of sp³-hybridized carbons (Fsp3) is 0.350. The minimum absolute atomic E-state index is 0.0184. The van der Waals surface area contributed by atoms with Crippen molar-refractivity contribution in [3.05, 3.63) is 95.1 Å². The van der Waals surface area contributed by atoms with Gasteiger partial charge in [-0.1, -0.05) is 89.5 Å². The van der Waals surface area contributed by atoms with Crippen LogP contribution in [0.5, 0.6) is 0 Å². The summed E-state index contributed by atoms with van der Waals surface area (Å²) in [6, 6.07) is 23.9. The molecule has 6 rings (SSSR count). The Hall–Kier alpha value is -4.14. The van der Waals surface area contributed by atoms with Crippen LogP contribution < -0.4 is 10.6 Å². The van der Waals surface area contributed by atoms with Crippen LogP contribution in [-0.2, 0) is 20.4 Å². The van der Waals surface area contributed by atoms with Crippen LogP contribution in [0, 0.1) is 0 Å². The molecule has 260 valence electrons. The summed E-state index contributed by atoms with van der Waals surface area (Å²) in [5.41, 5.74) is 12.4. The van der Waals surface area contributed by atoms with E-state index in [1.807, 2.05) is 95.7 Å². The van der Waals surface area contributed by atoms with Crippen molar-refractivity contribution in [2.24, 2.45) is 0 Å². The molecule has 7 nitrogen and oxygen atoms in total. The molecule has 2 heterocycles. The molecule has 0 saturated heterocycles. The Morgan fingerprint density at radius 1 is 0.755 bits per heavy atom. The zero-order valence-corrected chi connectivity index (χ0v) is 32.3. The number of benzene rings is 4. The number of hydrogen-bond donors (Lipinski definition) is 1. The van der Waals surface area contributed by atoms with Gasteiger partial charge in [0.2, 0.25) is 0 Å². The van der Waals surface area contributed by atoms with Gasteiger partial charge >= 0.3 is 0 Å². The predicted molar refractivity (Wildman–Crippen MR) is 212 cm³/mol. The van der Waals surface area contributed by atoms with Crippen LogP contribution in [0.15, 0.2) is 88.5 Å². The summed E-state index contributed by atoms with van der Waals surface area (Å²) in [6.07, 6.45) is 1.85. The van der Waals surface area contributed by atoms with Crippen LogP contribution in [0.25, 0.3) is 32.7 Å². The number of nitrogens with two attached hydrogens (primary N) is 1. The molecule has 0 aliphatic carbocycles. The molecule has 49 heavy (non-hydrogen) atoms. The van der Waals surface area contributed by atoms with E-state index in [9.17, 15) is 4.21 Å². The summed E-state index contributed by atoms with van der Waals surface area (Å²) in [5.74, 6) is 4.05. The fourth-order valence-corrected chi connectivity index (χ4v) is 7.20. The van der Waals surface area contributed by atoms with Gasteiger partial charge in [-0.25, -0.2) is 4.63 Å². The van der Waals surface area contributed by atoms with Gasteiger partial charge in [0, 0.05) is 60.9 Å². The number of aromatic nitrogens is 3. The molecule has 1 unspecified atom stereocenters. The fourth-order valence-electron chi connectivity index (χ4n) is 5.54. The van der Waals surface area contributed by atoms with Gasteiger partial charge in [-0.15, -0.1) is 0 Å². The predicted octanol–water partition coefficient (Wildman–Crippen LogP) is 10.1. The number of nitrogen functional groups attached to an aromatic ring is 1. The van der Waals surface area contributed by atoms with Gasteiger partial charge < -0.3 is 10.6 Å². The quantitative estimate of drug-likeness (QED) is 0.142. The second-order valence-electron chi connectivity index (χ2n) is 15.5. The maximum atomic E-state index is 13.2. The van der Waals surface area contributed by atoms with Crippen molar-refractivity contribution in [1.82, 2.24) is 15.3 Å². The summed E-state index contributed by atoms with van der Waals surface area (Å²) in [6.45, 7) is 18.9. The Bertz CT molecular complexity index is 2200. The highest BCUT2D eigenvalue weighted by Gasteiger charge is 2.26. The SMILES string of the molecule is C=S(=O)(c1cccc2c(N(C)C)cccc12)C(C)(C)C.CC(C)(C)c1ccc(N)c2nonc12.CC(C)(C)c1ccnc2cc(Cl)ccc12. The first-order chi connectivity index (χ1) is 22.6. The van der Waals surface area contributed by atoms with Crippen molar-refractivity contribution in [3.63, 3.8) is 0 Å². The Morgan fingerprint density at radius 2 is 1.37 bits per heavy atom. The van der Waals surface area contributed by atoms with Crippen LogP contribution in [0.3, 0.4) is 0 Å². The third-order valence-corrected chi connectivity index (χ3v) is 11.7. The highest BCUT2D eigenvalue weighted by atomic mass is 35.5. The van der Waals surface area contributed by atoms with E-state index in [0.29, 0.717) is 11.2 Å². The minimum atomic E-state index is -2.36. The van der Waals surface area contributed by atoms with Crippen LogP contribution in [-0.4, -0.2) is 44.2 Å². The molecule has 4 aromatic carbocycles. The standard InChI is InChI=1S/C17H23NOS.C13H14ClN.C10H13N3O/c1-17(2,3)20(6,19)16-12-8-9-13-14(16)10-7-11-15(13)18(4)5;1-13(2,3)11-6-7-15-12-8-9(14)4-5-10(11)12;1-10(2,3)6-4-5-7(11)9-8(6)12-14-13-9/h7-12H,6H2,1-5H3;4-8H,1-3H3;4-5H,11H2,1-3H3. The van der Waals surface area contributed by atoms with E-state index in [2.05, 4.69) is 85.8 Å². The highest BCUT2D eigenvalue weighted by Crippen LogP contribution is 2.35. The molecule has 1 atom stereocenters. The molecule has 0 aliphatic heterocycles. The first-order valence-corrected chi connectivity index (χ1v) is 18.4. The number of pyridine rings is 1. The first kappa shape index (κ1) is 37.7. The van der Waals surface area contributed by atoms with Gasteiger partial charge in [-0.3, -0.25) is 9.19 Å². The Morgan fingerprint density at radius 3 is 1.98 bits per heavy atom. The normalized spacial score (nSPS) is 13.3. The van der Waals surface area contributed by atoms with Gasteiger partial charge in [0.15, 0.2) is 5.52 Å². The summed E-state index contributed by atoms with van der Waals surface area (Å²) >= 11 is 5.95. The van der Waals surface area contributed by atoms with E-state index in [1.54, 1.807) is 0 Å². The maximum Gasteiger partial charge on any atom is 0.158 e. The molecule has 0 fully saturated rings. The second-order valence-corrected chi connectivity index (χ2v) is 18.9. The topological polar surface area (TPSA) is 98.1 Å². The van der Waals surface area contributed by atoms with Crippen LogP contribution >= 0.6 is 11.6 Å². The van der Waals surface area contributed by atoms with Gasteiger partial charge in [-0.05, 0) is 101 Å². The summed E-state index contributed by atoms with van der Waals surface area (Å²) in [7, 11) is 1.68. The summed E-state index contributed by atoms with van der Waals surface area (Å²) in [5, 5.41) is 11.7. The molecule has 0 saturated carbocycles. The van der Waals surface area contributed by atoms with Crippen LogP contribution in [0.2, 0.25) is 5.02 Å². The van der Waals surface area contributed by atoms with Crippen LogP contribution in [0.1, 0.15) is 73.4 Å². The summed E-state index contributed by atoms with van der Waals surface area (Å²) < 4.78 is 17.5. The molecular formula is C40H50ClN5O2S. The molecule has 0 bridgehead atoms. The minimum Gasteiger partial charge on any atom is -0.397 e. The number of nitrogens with zero attached hydrogens (tertiary/aromatic N) is 4. The van der Waals surface area contributed by atoms with Crippen LogP contribution in [0.4, 0.5) is 11.4 Å². The number of halogens is 1. The third-order valence-electron chi connectivity index (χ3n) is 8.45. The van der Waals surface area contributed by atoms with Crippen molar-refractivity contribution in [2.45, 2.75) is 82.8 Å². The lowest BCUT2D eigenvalue weighted by molar-refractivity contribution is 0.315. The molecule has 9 heteroatoms.